The summed E-state index contributed by atoms with van der Waals surface area (Å²) in [7, 11) is 2.89. The third-order valence-electron chi connectivity index (χ3n) is 2.99. The first kappa shape index (κ1) is 15.0. The number of Topliss-reactive ketones (excluding diaryl/α,β-unsaturated/α-hetero) is 1. The maximum absolute atomic E-state index is 13.1. The molecule has 110 valence electrons. The van der Waals surface area contributed by atoms with Gasteiger partial charge < -0.3 is 9.47 Å². The molecule has 0 amide bonds. The van der Waals surface area contributed by atoms with E-state index in [1.807, 2.05) is 0 Å². The van der Waals surface area contributed by atoms with Crippen LogP contribution in [0.4, 0.5) is 8.78 Å². The minimum Gasteiger partial charge on any atom is -0.493 e. The average molecular weight is 292 g/mol. The van der Waals surface area contributed by atoms with Crippen molar-refractivity contribution in [2.24, 2.45) is 0 Å². The molecule has 0 aliphatic heterocycles. The van der Waals surface area contributed by atoms with E-state index in [2.05, 4.69) is 0 Å². The number of ketones is 1. The molecular formula is C16H14F2O3. The molecule has 0 bridgehead atoms. The normalized spacial score (nSPS) is 10.3. The Morgan fingerprint density at radius 3 is 2.29 bits per heavy atom. The first-order valence-corrected chi connectivity index (χ1v) is 6.24. The number of hydrogen-bond acceptors (Lipinski definition) is 3. The molecule has 0 radical (unpaired) electrons. The summed E-state index contributed by atoms with van der Waals surface area (Å²) in [5, 5.41) is 0. The molecule has 0 spiro atoms. The van der Waals surface area contributed by atoms with Crippen LogP contribution < -0.4 is 9.47 Å². The number of ether oxygens (including phenoxy) is 2. The molecule has 0 fully saturated rings. The predicted octanol–water partition coefficient (Wildman–Crippen LogP) is 3.41. The number of halogens is 2. The highest BCUT2D eigenvalue weighted by Gasteiger charge is 2.17. The van der Waals surface area contributed by atoms with E-state index in [1.54, 1.807) is 18.2 Å². The lowest BCUT2D eigenvalue weighted by Gasteiger charge is -2.11. The Balaban J connectivity index is 2.32. The molecule has 2 aromatic rings. The Labute approximate surface area is 121 Å². The van der Waals surface area contributed by atoms with Crippen LogP contribution in [0.15, 0.2) is 36.4 Å². The molecular weight excluding hydrogens is 278 g/mol. The van der Waals surface area contributed by atoms with E-state index in [4.69, 9.17) is 9.47 Å². The molecule has 0 heterocycles. The molecule has 0 N–H and O–H groups in total. The summed E-state index contributed by atoms with van der Waals surface area (Å²) in [6.45, 7) is 0. The molecule has 0 saturated heterocycles. The van der Waals surface area contributed by atoms with E-state index in [1.165, 1.54) is 14.2 Å². The molecule has 0 unspecified atom stereocenters. The third-order valence-corrected chi connectivity index (χ3v) is 2.99. The van der Waals surface area contributed by atoms with E-state index in [-0.39, 0.29) is 17.8 Å². The van der Waals surface area contributed by atoms with Gasteiger partial charge in [0.2, 0.25) is 0 Å². The van der Waals surface area contributed by atoms with Gasteiger partial charge in [0.1, 0.15) is 11.6 Å². The lowest BCUT2D eigenvalue weighted by atomic mass is 10.0. The zero-order valence-corrected chi connectivity index (χ0v) is 11.7. The van der Waals surface area contributed by atoms with E-state index in [9.17, 15) is 13.6 Å². The van der Waals surface area contributed by atoms with Gasteiger partial charge in [-0.3, -0.25) is 4.79 Å². The van der Waals surface area contributed by atoms with E-state index in [0.29, 0.717) is 17.1 Å². The summed E-state index contributed by atoms with van der Waals surface area (Å²) in [6.07, 6.45) is -0.127. The van der Waals surface area contributed by atoms with Crippen LogP contribution in [0.5, 0.6) is 11.5 Å². The van der Waals surface area contributed by atoms with Crippen molar-refractivity contribution < 1.29 is 23.0 Å². The Morgan fingerprint density at radius 2 is 1.71 bits per heavy atom. The molecule has 21 heavy (non-hydrogen) atoms. The maximum Gasteiger partial charge on any atom is 0.171 e. The summed E-state index contributed by atoms with van der Waals surface area (Å²) in [6, 6.07) is 7.93. The van der Waals surface area contributed by atoms with Crippen molar-refractivity contribution in [3.05, 3.63) is 59.2 Å². The summed E-state index contributed by atoms with van der Waals surface area (Å²) in [4.78, 5) is 12.3. The van der Waals surface area contributed by atoms with Gasteiger partial charge in [-0.05, 0) is 29.8 Å². The van der Waals surface area contributed by atoms with Crippen molar-refractivity contribution in [2.45, 2.75) is 6.42 Å². The smallest absolute Gasteiger partial charge is 0.171 e. The number of hydrogen-bond donors (Lipinski definition) is 0. The lowest BCUT2D eigenvalue weighted by Crippen LogP contribution is -2.07. The Hall–Kier alpha value is -2.43. The van der Waals surface area contributed by atoms with Gasteiger partial charge in [0.05, 0.1) is 19.8 Å². The van der Waals surface area contributed by atoms with E-state index >= 15 is 0 Å². The van der Waals surface area contributed by atoms with Crippen LogP contribution in [0.3, 0.4) is 0 Å². The molecule has 5 heteroatoms. The highest BCUT2D eigenvalue weighted by Crippen LogP contribution is 2.31. The second-order valence-corrected chi connectivity index (χ2v) is 4.42. The first-order valence-electron chi connectivity index (χ1n) is 6.24. The molecule has 0 aliphatic rings. The van der Waals surface area contributed by atoms with Crippen LogP contribution >= 0.6 is 0 Å². The fraction of sp³-hybridized carbons (Fsp3) is 0.188. The standard InChI is InChI=1S/C16H14F2O3/c1-20-15-5-3-4-13(16(15)21-2)14(19)8-10-6-11(17)9-12(18)7-10/h3-7,9H,8H2,1-2H3. The van der Waals surface area contributed by atoms with Crippen LogP contribution in [0.2, 0.25) is 0 Å². The average Bonchev–Trinajstić information content (AvgIpc) is 2.45. The van der Waals surface area contributed by atoms with Gasteiger partial charge in [-0.25, -0.2) is 8.78 Å². The van der Waals surface area contributed by atoms with Crippen LogP contribution in [0.1, 0.15) is 15.9 Å². The van der Waals surface area contributed by atoms with Gasteiger partial charge in [-0.15, -0.1) is 0 Å². The lowest BCUT2D eigenvalue weighted by molar-refractivity contribution is 0.0989. The number of methoxy groups -OCH3 is 2. The predicted molar refractivity (Wildman–Crippen MR) is 73.9 cm³/mol. The number of para-hydroxylation sites is 1. The minimum absolute atomic E-state index is 0.127. The van der Waals surface area contributed by atoms with Crippen molar-refractivity contribution in [1.82, 2.24) is 0 Å². The Kier molecular flexibility index (Phi) is 4.52. The highest BCUT2D eigenvalue weighted by molar-refractivity contribution is 6.00. The zero-order chi connectivity index (χ0) is 15.4. The van der Waals surface area contributed by atoms with Crippen LogP contribution in [0, 0.1) is 11.6 Å². The van der Waals surface area contributed by atoms with Crippen molar-refractivity contribution >= 4 is 5.78 Å². The third kappa shape index (κ3) is 3.37. The molecule has 0 saturated carbocycles. The number of rotatable bonds is 5. The number of benzene rings is 2. The van der Waals surface area contributed by atoms with Crippen LogP contribution in [-0.4, -0.2) is 20.0 Å². The van der Waals surface area contributed by atoms with Crippen LogP contribution in [0.25, 0.3) is 0 Å². The van der Waals surface area contributed by atoms with E-state index < -0.39 is 11.6 Å². The number of carbonyl (C=O) groups is 1. The van der Waals surface area contributed by atoms with Crippen LogP contribution in [-0.2, 0) is 6.42 Å². The summed E-state index contributed by atoms with van der Waals surface area (Å²) < 4.78 is 36.6. The van der Waals surface area contributed by atoms with Crippen molar-refractivity contribution in [3.63, 3.8) is 0 Å². The maximum atomic E-state index is 13.1. The Bertz CT molecular complexity index is 648. The molecule has 0 atom stereocenters. The molecule has 2 aromatic carbocycles. The largest absolute Gasteiger partial charge is 0.493 e. The summed E-state index contributed by atoms with van der Waals surface area (Å²) in [5.41, 5.74) is 0.573. The molecule has 0 aromatic heterocycles. The zero-order valence-electron chi connectivity index (χ0n) is 11.7. The van der Waals surface area contributed by atoms with Crippen molar-refractivity contribution in [2.75, 3.05) is 14.2 Å². The van der Waals surface area contributed by atoms with Gasteiger partial charge in [-0.1, -0.05) is 6.07 Å². The van der Waals surface area contributed by atoms with E-state index in [0.717, 1.165) is 18.2 Å². The van der Waals surface area contributed by atoms with Gasteiger partial charge >= 0.3 is 0 Å². The van der Waals surface area contributed by atoms with Gasteiger partial charge in [0.15, 0.2) is 17.3 Å². The van der Waals surface area contributed by atoms with Gasteiger partial charge in [-0.2, -0.15) is 0 Å². The monoisotopic (exact) mass is 292 g/mol. The SMILES string of the molecule is COc1cccc(C(=O)Cc2cc(F)cc(F)c2)c1OC. The Morgan fingerprint density at radius 1 is 1.05 bits per heavy atom. The summed E-state index contributed by atoms with van der Waals surface area (Å²) in [5.74, 6) is -1.00. The number of carbonyl (C=O) groups excluding carboxylic acids is 1. The fourth-order valence-corrected chi connectivity index (χ4v) is 2.10. The second kappa shape index (κ2) is 6.35. The molecule has 2 rings (SSSR count). The van der Waals surface area contributed by atoms with Gasteiger partial charge in [0, 0.05) is 12.5 Å². The van der Waals surface area contributed by atoms with Crippen molar-refractivity contribution in [3.8, 4) is 11.5 Å². The first-order chi connectivity index (χ1) is 10.0. The fourth-order valence-electron chi connectivity index (χ4n) is 2.10. The topological polar surface area (TPSA) is 35.5 Å². The minimum atomic E-state index is -0.713. The summed E-state index contributed by atoms with van der Waals surface area (Å²) >= 11 is 0. The molecule has 0 aliphatic carbocycles. The van der Waals surface area contributed by atoms with Crippen molar-refractivity contribution in [1.29, 1.82) is 0 Å². The molecule has 3 nitrogen and oxygen atoms in total. The van der Waals surface area contributed by atoms with Gasteiger partial charge in [0.25, 0.3) is 0 Å². The highest BCUT2D eigenvalue weighted by atomic mass is 19.1. The second-order valence-electron chi connectivity index (χ2n) is 4.42. The quantitative estimate of drug-likeness (QED) is 0.792.